The molecular formula is C35H48N6O3. The number of benzene rings is 2. The van der Waals surface area contributed by atoms with Gasteiger partial charge in [-0.05, 0) is 77.1 Å². The van der Waals surface area contributed by atoms with Gasteiger partial charge in [-0.1, -0.05) is 30.4 Å². The first-order valence-corrected chi connectivity index (χ1v) is 15.3. The number of nitrogens with one attached hydrogen (secondary N) is 2. The van der Waals surface area contributed by atoms with Crippen LogP contribution in [0, 0.1) is 5.41 Å². The predicted molar refractivity (Wildman–Crippen MR) is 180 cm³/mol. The number of amides is 1. The zero-order valence-electron chi connectivity index (χ0n) is 26.6. The van der Waals surface area contributed by atoms with E-state index >= 15 is 0 Å². The van der Waals surface area contributed by atoms with E-state index < -0.39 is 0 Å². The first-order chi connectivity index (χ1) is 21.3. The summed E-state index contributed by atoms with van der Waals surface area (Å²) in [6, 6.07) is 17.4. The van der Waals surface area contributed by atoms with Gasteiger partial charge in [-0.3, -0.25) is 20.1 Å². The molecule has 1 amide bonds. The minimum atomic E-state index is 0.00989. The molecule has 2 aromatic rings. The van der Waals surface area contributed by atoms with Crippen LogP contribution in [0.4, 0.5) is 0 Å². The molecule has 0 saturated carbocycles. The Morgan fingerprint density at radius 2 is 1.89 bits per heavy atom. The highest BCUT2D eigenvalue weighted by Gasteiger charge is 2.28. The van der Waals surface area contributed by atoms with Gasteiger partial charge in [0.15, 0.2) is 0 Å². The second kappa shape index (κ2) is 17.8. The SMILES string of the molecule is C=CC.CCN=C(NC1CCN(C(=O)/C=C/CN(C)C2CCOC2)C1)/C(C(=N)c1ccc(Oc2ccccc2)cc1)=C(\C)N. The summed E-state index contributed by atoms with van der Waals surface area (Å²) in [5.41, 5.74) is 8.37. The van der Waals surface area contributed by atoms with Gasteiger partial charge in [0.1, 0.15) is 17.3 Å². The fraction of sp³-hybridized carbons (Fsp3) is 0.400. The van der Waals surface area contributed by atoms with Crippen LogP contribution in [-0.4, -0.2) is 85.8 Å². The Morgan fingerprint density at radius 1 is 1.20 bits per heavy atom. The van der Waals surface area contributed by atoms with Gasteiger partial charge in [0.25, 0.3) is 0 Å². The van der Waals surface area contributed by atoms with E-state index in [-0.39, 0.29) is 17.7 Å². The van der Waals surface area contributed by atoms with Crippen molar-refractivity contribution in [1.29, 1.82) is 5.41 Å². The van der Waals surface area contributed by atoms with Gasteiger partial charge in [0.05, 0.1) is 17.9 Å². The molecule has 0 radical (unpaired) electrons. The number of nitrogens with zero attached hydrogens (tertiary/aromatic N) is 3. The number of rotatable bonds is 11. The van der Waals surface area contributed by atoms with E-state index in [9.17, 15) is 4.79 Å². The molecule has 0 aliphatic carbocycles. The second-order valence-corrected chi connectivity index (χ2v) is 10.9. The monoisotopic (exact) mass is 600 g/mol. The topological polar surface area (TPSA) is 116 Å². The summed E-state index contributed by atoms with van der Waals surface area (Å²) in [5.74, 6) is 2.03. The van der Waals surface area contributed by atoms with Crippen LogP contribution >= 0.6 is 0 Å². The largest absolute Gasteiger partial charge is 0.457 e. The van der Waals surface area contributed by atoms with Gasteiger partial charge < -0.3 is 25.4 Å². The second-order valence-electron chi connectivity index (χ2n) is 10.9. The number of aliphatic imine (C=N–C) groups is 1. The summed E-state index contributed by atoms with van der Waals surface area (Å²) in [4.78, 5) is 21.6. The molecule has 2 aliphatic rings. The lowest BCUT2D eigenvalue weighted by Gasteiger charge is -2.21. The average Bonchev–Trinajstić information content (AvgIpc) is 3.72. The van der Waals surface area contributed by atoms with Gasteiger partial charge >= 0.3 is 0 Å². The Bertz CT molecular complexity index is 1310. The van der Waals surface area contributed by atoms with E-state index in [1.807, 2.05) is 79.4 Å². The maximum Gasteiger partial charge on any atom is 0.246 e. The Morgan fingerprint density at radius 3 is 2.50 bits per heavy atom. The number of allylic oxidation sites excluding steroid dienone is 2. The van der Waals surface area contributed by atoms with Crippen LogP contribution in [0.5, 0.6) is 11.5 Å². The molecule has 9 nitrogen and oxygen atoms in total. The molecule has 2 aromatic carbocycles. The molecule has 2 unspecified atom stereocenters. The zero-order chi connectivity index (χ0) is 31.9. The van der Waals surface area contributed by atoms with Crippen molar-refractivity contribution in [2.24, 2.45) is 10.7 Å². The molecule has 2 atom stereocenters. The van der Waals surface area contributed by atoms with Crippen molar-refractivity contribution in [1.82, 2.24) is 15.1 Å². The Hall–Kier alpha value is -4.21. The van der Waals surface area contributed by atoms with Crippen molar-refractivity contribution in [3.05, 3.63) is 96.2 Å². The van der Waals surface area contributed by atoms with Crippen molar-refractivity contribution in [3.63, 3.8) is 0 Å². The highest BCUT2D eigenvalue weighted by molar-refractivity contribution is 6.28. The minimum Gasteiger partial charge on any atom is -0.457 e. The van der Waals surface area contributed by atoms with Crippen molar-refractivity contribution in [2.75, 3.05) is 46.4 Å². The number of para-hydroxylation sites is 1. The molecule has 2 saturated heterocycles. The number of likely N-dealkylation sites (N-methyl/N-ethyl adjacent to an activating group) is 1. The number of nitrogens with two attached hydrogens (primary N) is 1. The maximum absolute atomic E-state index is 12.8. The minimum absolute atomic E-state index is 0.00989. The molecule has 4 N–H and O–H groups in total. The van der Waals surface area contributed by atoms with Crippen LogP contribution in [0.3, 0.4) is 0 Å². The first-order valence-electron chi connectivity index (χ1n) is 15.3. The third-order valence-corrected chi connectivity index (χ3v) is 7.34. The number of likely N-dealkylation sites (tertiary alicyclic amines) is 1. The number of hydrogen-bond donors (Lipinski definition) is 3. The molecule has 2 fully saturated rings. The zero-order valence-corrected chi connectivity index (χ0v) is 26.6. The first kappa shape index (κ1) is 34.3. The summed E-state index contributed by atoms with van der Waals surface area (Å²) in [6.45, 7) is 13.0. The smallest absolute Gasteiger partial charge is 0.246 e. The summed E-state index contributed by atoms with van der Waals surface area (Å²) >= 11 is 0. The summed E-state index contributed by atoms with van der Waals surface area (Å²) in [6.07, 6.45) is 7.17. The summed E-state index contributed by atoms with van der Waals surface area (Å²) in [5, 5.41) is 12.5. The number of amidine groups is 1. The standard InChI is InChI=1S/C32H42N6O3.C3H6/c1-4-35-32(36-25-16-19-38(21-25)29(39)11-8-18-37(3)26-17-20-40-22-26)30(23(2)33)31(34)24-12-14-28(15-13-24)41-27-9-6-5-7-10-27;1-3-2/h5-15,25-26,34H,4,16-22,33H2,1-3H3,(H,35,36);3H,1H2,2H3/b11-8+,30-23+,34-31?;. The van der Waals surface area contributed by atoms with E-state index in [1.165, 1.54) is 0 Å². The van der Waals surface area contributed by atoms with Crippen LogP contribution in [-0.2, 0) is 9.53 Å². The lowest BCUT2D eigenvalue weighted by Crippen LogP contribution is -2.41. The van der Waals surface area contributed by atoms with Crippen LogP contribution in [0.25, 0.3) is 0 Å². The van der Waals surface area contributed by atoms with Crippen molar-refractivity contribution < 1.29 is 14.3 Å². The molecule has 0 bridgehead atoms. The molecule has 236 valence electrons. The van der Waals surface area contributed by atoms with E-state index in [0.29, 0.717) is 60.6 Å². The van der Waals surface area contributed by atoms with Crippen molar-refractivity contribution in [3.8, 4) is 11.5 Å². The number of carbonyl (C=O) groups excluding carboxylic acids is 1. The van der Waals surface area contributed by atoms with E-state index in [0.717, 1.165) is 31.8 Å². The van der Waals surface area contributed by atoms with Crippen LogP contribution in [0.2, 0.25) is 0 Å². The van der Waals surface area contributed by atoms with Gasteiger partial charge in [-0.15, -0.1) is 6.58 Å². The normalized spacial score (nSPS) is 18.9. The van der Waals surface area contributed by atoms with Gasteiger partial charge in [0, 0.05) is 62.2 Å². The fourth-order valence-electron chi connectivity index (χ4n) is 5.03. The molecular weight excluding hydrogens is 552 g/mol. The molecule has 9 heteroatoms. The molecule has 2 heterocycles. The Balaban J connectivity index is 0.00000169. The van der Waals surface area contributed by atoms with Crippen LogP contribution < -0.4 is 15.8 Å². The van der Waals surface area contributed by atoms with E-state index in [4.69, 9.17) is 20.6 Å². The molecule has 4 rings (SSSR count). The van der Waals surface area contributed by atoms with Crippen molar-refractivity contribution in [2.45, 2.75) is 45.7 Å². The predicted octanol–water partition coefficient (Wildman–Crippen LogP) is 5.16. The molecule has 0 aromatic heterocycles. The van der Waals surface area contributed by atoms with E-state index in [2.05, 4.69) is 28.8 Å². The molecule has 0 spiro atoms. The van der Waals surface area contributed by atoms with E-state index in [1.54, 1.807) is 19.1 Å². The highest BCUT2D eigenvalue weighted by Crippen LogP contribution is 2.23. The maximum atomic E-state index is 12.8. The number of hydrogen-bond acceptors (Lipinski definition) is 7. The summed E-state index contributed by atoms with van der Waals surface area (Å²) in [7, 11) is 2.06. The average molecular weight is 601 g/mol. The quantitative estimate of drug-likeness (QED) is 0.142. The Labute approximate surface area is 262 Å². The third-order valence-electron chi connectivity index (χ3n) is 7.34. The Kier molecular flexibility index (Phi) is 13.9. The summed E-state index contributed by atoms with van der Waals surface area (Å²) < 4.78 is 11.4. The lowest BCUT2D eigenvalue weighted by atomic mass is 9.99. The molecule has 2 aliphatic heterocycles. The van der Waals surface area contributed by atoms with Gasteiger partial charge in [-0.2, -0.15) is 0 Å². The number of carbonyl (C=O) groups is 1. The fourth-order valence-corrected chi connectivity index (χ4v) is 5.03. The third kappa shape index (κ3) is 10.2. The molecule has 44 heavy (non-hydrogen) atoms. The lowest BCUT2D eigenvalue weighted by molar-refractivity contribution is -0.125. The number of ether oxygens (including phenoxy) is 2. The van der Waals surface area contributed by atoms with Crippen molar-refractivity contribution >= 4 is 17.5 Å². The van der Waals surface area contributed by atoms with Gasteiger partial charge in [-0.25, -0.2) is 0 Å². The highest BCUT2D eigenvalue weighted by atomic mass is 16.5. The van der Waals surface area contributed by atoms with Gasteiger partial charge in [0.2, 0.25) is 5.91 Å². The van der Waals surface area contributed by atoms with Crippen LogP contribution in [0.15, 0.2) is 95.7 Å². The van der Waals surface area contributed by atoms with Crippen LogP contribution in [0.1, 0.15) is 39.2 Å².